The molecule has 0 saturated carbocycles. The second-order valence-corrected chi connectivity index (χ2v) is 6.88. The lowest BCUT2D eigenvalue weighted by molar-refractivity contribution is -0.138. The number of hydrogen-bond donors (Lipinski definition) is 2. The molecule has 5 heteroatoms. The second-order valence-electron chi connectivity index (χ2n) is 6.88. The van der Waals surface area contributed by atoms with Gasteiger partial charge in [0.1, 0.15) is 5.54 Å². The molecule has 0 aliphatic carbocycles. The van der Waals surface area contributed by atoms with Gasteiger partial charge in [-0.05, 0) is 29.7 Å². The Morgan fingerprint density at radius 2 is 1.78 bits per heavy atom. The number of ether oxygens (including phenoxy) is 1. The van der Waals surface area contributed by atoms with Gasteiger partial charge in [-0.25, -0.2) is 0 Å². The van der Waals surface area contributed by atoms with Crippen molar-refractivity contribution in [2.24, 2.45) is 11.5 Å². The molecule has 2 aromatic carbocycles. The Balaban J connectivity index is 2.10. The van der Waals surface area contributed by atoms with E-state index in [9.17, 15) is 4.79 Å². The van der Waals surface area contributed by atoms with Crippen LogP contribution in [0.5, 0.6) is 0 Å². The lowest BCUT2D eigenvalue weighted by atomic mass is 9.89. The summed E-state index contributed by atoms with van der Waals surface area (Å²) in [4.78, 5) is 14.9. The molecule has 0 aromatic heterocycles. The molecule has 0 spiro atoms. The third-order valence-electron chi connectivity index (χ3n) is 4.88. The van der Waals surface area contributed by atoms with Gasteiger partial charge in [-0.15, -0.1) is 0 Å². The van der Waals surface area contributed by atoms with Crippen LogP contribution in [-0.4, -0.2) is 43.2 Å². The summed E-state index contributed by atoms with van der Waals surface area (Å²) >= 11 is 0. The van der Waals surface area contributed by atoms with Crippen LogP contribution in [0.2, 0.25) is 0 Å². The van der Waals surface area contributed by atoms with Crippen LogP contribution < -0.4 is 11.5 Å². The average Bonchev–Trinajstić information content (AvgIpc) is 3.09. The quantitative estimate of drug-likeness (QED) is 0.737. The summed E-state index contributed by atoms with van der Waals surface area (Å²) in [6.45, 7) is 3.41. The van der Waals surface area contributed by atoms with E-state index in [0.29, 0.717) is 26.3 Å². The molecule has 4 N–H and O–H groups in total. The number of amides is 1. The first-order valence-electron chi connectivity index (χ1n) is 9.26. The van der Waals surface area contributed by atoms with E-state index in [0.717, 1.165) is 16.7 Å². The lowest BCUT2D eigenvalue weighted by Gasteiger charge is -2.39. The molecule has 27 heavy (non-hydrogen) atoms. The fourth-order valence-electron chi connectivity index (χ4n) is 3.55. The van der Waals surface area contributed by atoms with Gasteiger partial charge in [0.15, 0.2) is 0 Å². The Kier molecular flexibility index (Phi) is 6.06. The van der Waals surface area contributed by atoms with Crippen LogP contribution in [0.25, 0.3) is 5.57 Å². The van der Waals surface area contributed by atoms with E-state index in [4.69, 9.17) is 16.2 Å². The highest BCUT2D eigenvalue weighted by atomic mass is 16.5. The first-order valence-corrected chi connectivity index (χ1v) is 9.26. The third-order valence-corrected chi connectivity index (χ3v) is 4.88. The zero-order valence-corrected chi connectivity index (χ0v) is 15.7. The molecule has 142 valence electrons. The Hall–Kier alpha value is -2.47. The molecule has 1 aliphatic heterocycles. The molecule has 2 aromatic rings. The van der Waals surface area contributed by atoms with Crippen molar-refractivity contribution < 1.29 is 9.53 Å². The maximum atomic E-state index is 13.0. The fourth-order valence-corrected chi connectivity index (χ4v) is 3.55. The van der Waals surface area contributed by atoms with Gasteiger partial charge in [0.2, 0.25) is 5.91 Å². The summed E-state index contributed by atoms with van der Waals surface area (Å²) in [6.07, 6.45) is 2.15. The van der Waals surface area contributed by atoms with Crippen LogP contribution >= 0.6 is 0 Å². The summed E-state index contributed by atoms with van der Waals surface area (Å²) in [5, 5.41) is 0. The number of hydrogen-bond acceptors (Lipinski definition) is 4. The molecule has 0 bridgehead atoms. The van der Waals surface area contributed by atoms with Gasteiger partial charge in [0, 0.05) is 13.1 Å². The maximum Gasteiger partial charge on any atom is 0.240 e. The average molecular weight is 365 g/mol. The Bertz CT molecular complexity index is 790. The van der Waals surface area contributed by atoms with E-state index in [1.54, 1.807) is 6.92 Å². The maximum absolute atomic E-state index is 13.0. The summed E-state index contributed by atoms with van der Waals surface area (Å²) in [7, 11) is 0. The van der Waals surface area contributed by atoms with Crippen molar-refractivity contribution in [3.05, 3.63) is 77.9 Å². The van der Waals surface area contributed by atoms with E-state index in [-0.39, 0.29) is 5.91 Å². The van der Waals surface area contributed by atoms with E-state index < -0.39 is 11.6 Å². The molecular formula is C22H27N3O2. The first-order chi connectivity index (χ1) is 13.1. The minimum absolute atomic E-state index is 0.0996. The summed E-state index contributed by atoms with van der Waals surface area (Å²) in [5.74, 6) is -0.0996. The first kappa shape index (κ1) is 19.3. The SMILES string of the molecule is CC(N)C(=O)N1CC(c2ccccc2)=CC1(COCCN)c1ccccc1. The molecule has 2 atom stereocenters. The highest BCUT2D eigenvalue weighted by molar-refractivity contribution is 5.87. The topological polar surface area (TPSA) is 81.6 Å². The predicted molar refractivity (Wildman–Crippen MR) is 108 cm³/mol. The standard InChI is InChI=1S/C22H27N3O2/c1-17(24)21(26)25-15-19(18-8-4-2-5-9-18)14-22(25,16-27-13-12-23)20-10-6-3-7-11-20/h2-11,14,17H,12-13,15-16,23-24H2,1H3. The second kappa shape index (κ2) is 8.48. The zero-order valence-electron chi connectivity index (χ0n) is 15.7. The molecule has 2 unspecified atom stereocenters. The molecule has 0 fully saturated rings. The van der Waals surface area contributed by atoms with Crippen molar-refractivity contribution in [1.82, 2.24) is 4.90 Å². The van der Waals surface area contributed by atoms with Crippen LogP contribution in [0.3, 0.4) is 0 Å². The number of rotatable bonds is 7. The van der Waals surface area contributed by atoms with E-state index in [2.05, 4.69) is 18.2 Å². The van der Waals surface area contributed by atoms with Gasteiger partial charge in [0.25, 0.3) is 0 Å². The van der Waals surface area contributed by atoms with Gasteiger partial charge in [-0.2, -0.15) is 0 Å². The Morgan fingerprint density at radius 3 is 2.37 bits per heavy atom. The number of carbonyl (C=O) groups excluding carboxylic acids is 1. The molecule has 1 amide bonds. The van der Waals surface area contributed by atoms with Gasteiger partial charge in [-0.1, -0.05) is 60.7 Å². The molecule has 0 saturated heterocycles. The fraction of sp³-hybridized carbons (Fsp3) is 0.318. The molecule has 1 aliphatic rings. The van der Waals surface area contributed by atoms with Crippen LogP contribution in [-0.2, 0) is 15.1 Å². The third kappa shape index (κ3) is 3.95. The molecule has 0 radical (unpaired) electrons. The number of benzene rings is 2. The van der Waals surface area contributed by atoms with Crippen molar-refractivity contribution >= 4 is 11.5 Å². The van der Waals surface area contributed by atoms with Crippen molar-refractivity contribution in [3.63, 3.8) is 0 Å². The monoisotopic (exact) mass is 365 g/mol. The highest BCUT2D eigenvalue weighted by Gasteiger charge is 2.45. The number of nitrogens with zero attached hydrogens (tertiary/aromatic N) is 1. The van der Waals surface area contributed by atoms with E-state index in [1.807, 2.05) is 53.4 Å². The van der Waals surface area contributed by atoms with Crippen LogP contribution in [0, 0.1) is 0 Å². The number of nitrogens with two attached hydrogens (primary N) is 2. The summed E-state index contributed by atoms with van der Waals surface area (Å²) < 4.78 is 5.86. The van der Waals surface area contributed by atoms with Crippen molar-refractivity contribution in [2.75, 3.05) is 26.3 Å². The lowest BCUT2D eigenvalue weighted by Crippen LogP contribution is -2.53. The molecular weight excluding hydrogens is 338 g/mol. The van der Waals surface area contributed by atoms with Crippen molar-refractivity contribution in [1.29, 1.82) is 0 Å². The van der Waals surface area contributed by atoms with Gasteiger partial charge >= 0.3 is 0 Å². The van der Waals surface area contributed by atoms with Gasteiger partial charge in [0.05, 0.1) is 19.3 Å². The predicted octanol–water partition coefficient (Wildman–Crippen LogP) is 2.13. The van der Waals surface area contributed by atoms with Gasteiger partial charge in [-0.3, -0.25) is 4.79 Å². The Labute approximate surface area is 160 Å². The summed E-state index contributed by atoms with van der Waals surface area (Å²) in [6, 6.07) is 19.5. The molecule has 5 nitrogen and oxygen atoms in total. The highest BCUT2D eigenvalue weighted by Crippen LogP contribution is 2.40. The van der Waals surface area contributed by atoms with Crippen molar-refractivity contribution in [2.45, 2.75) is 18.5 Å². The van der Waals surface area contributed by atoms with Crippen LogP contribution in [0.4, 0.5) is 0 Å². The van der Waals surface area contributed by atoms with Gasteiger partial charge < -0.3 is 21.1 Å². The zero-order chi connectivity index (χ0) is 19.3. The molecule has 3 rings (SSSR count). The van der Waals surface area contributed by atoms with E-state index >= 15 is 0 Å². The smallest absolute Gasteiger partial charge is 0.240 e. The minimum Gasteiger partial charge on any atom is -0.377 e. The van der Waals surface area contributed by atoms with Crippen molar-refractivity contribution in [3.8, 4) is 0 Å². The van der Waals surface area contributed by atoms with Crippen LogP contribution in [0.15, 0.2) is 66.7 Å². The largest absolute Gasteiger partial charge is 0.377 e. The van der Waals surface area contributed by atoms with E-state index in [1.165, 1.54) is 0 Å². The van der Waals surface area contributed by atoms with Crippen LogP contribution in [0.1, 0.15) is 18.1 Å². The number of carbonyl (C=O) groups is 1. The normalized spacial score (nSPS) is 20.4. The molecule has 1 heterocycles. The summed E-state index contributed by atoms with van der Waals surface area (Å²) in [5.41, 5.74) is 14.1. The Morgan fingerprint density at radius 1 is 1.15 bits per heavy atom. The minimum atomic E-state index is -0.702.